The van der Waals surface area contributed by atoms with E-state index in [0.29, 0.717) is 17.7 Å². The summed E-state index contributed by atoms with van der Waals surface area (Å²) in [5.41, 5.74) is 6.18. The van der Waals surface area contributed by atoms with E-state index < -0.39 is 0 Å². The molecule has 0 aromatic carbocycles. The summed E-state index contributed by atoms with van der Waals surface area (Å²) in [4.78, 5) is 21.4. The summed E-state index contributed by atoms with van der Waals surface area (Å²) in [6.07, 6.45) is 3.39. The number of primary amides is 1. The number of piperidine rings is 1. The summed E-state index contributed by atoms with van der Waals surface area (Å²) >= 11 is 6.17. The molecule has 116 valence electrons. The van der Waals surface area contributed by atoms with Gasteiger partial charge in [0.05, 0.1) is 6.54 Å². The van der Waals surface area contributed by atoms with Crippen molar-refractivity contribution in [1.29, 1.82) is 0 Å². The number of carbonyl (C=O) groups is 1. The topological polar surface area (TPSA) is 84.1 Å². The molecule has 0 aliphatic carbocycles. The molecule has 1 amide bonds. The first kappa shape index (κ1) is 16.0. The van der Waals surface area contributed by atoms with Gasteiger partial charge in [-0.1, -0.05) is 25.4 Å². The lowest BCUT2D eigenvalue weighted by molar-refractivity contribution is -0.119. The van der Waals surface area contributed by atoms with Crippen LogP contribution in [0.15, 0.2) is 6.33 Å². The van der Waals surface area contributed by atoms with E-state index in [9.17, 15) is 4.79 Å². The van der Waals surface area contributed by atoms with Crippen molar-refractivity contribution in [1.82, 2.24) is 14.9 Å². The van der Waals surface area contributed by atoms with Crippen LogP contribution in [0.1, 0.15) is 38.2 Å². The van der Waals surface area contributed by atoms with Crippen LogP contribution < -0.4 is 11.1 Å². The molecule has 1 aliphatic rings. The quantitative estimate of drug-likeness (QED) is 0.807. The molecule has 1 fully saturated rings. The predicted molar refractivity (Wildman–Crippen MR) is 83.4 cm³/mol. The van der Waals surface area contributed by atoms with Gasteiger partial charge in [0.25, 0.3) is 0 Å². The second-order valence-corrected chi connectivity index (χ2v) is 6.10. The van der Waals surface area contributed by atoms with Crippen LogP contribution in [-0.4, -0.2) is 46.5 Å². The zero-order valence-corrected chi connectivity index (χ0v) is 13.2. The molecule has 1 aliphatic heterocycles. The van der Waals surface area contributed by atoms with Crippen molar-refractivity contribution in [2.45, 2.75) is 38.6 Å². The minimum atomic E-state index is -0.272. The van der Waals surface area contributed by atoms with Gasteiger partial charge < -0.3 is 11.1 Å². The van der Waals surface area contributed by atoms with Gasteiger partial charge in [0.15, 0.2) is 0 Å². The number of nitrogens with zero attached hydrogens (tertiary/aromatic N) is 3. The molecule has 2 heterocycles. The van der Waals surface area contributed by atoms with Gasteiger partial charge in [-0.2, -0.15) is 0 Å². The molecular formula is C14H22ClN5O. The number of hydrogen-bond donors (Lipinski definition) is 2. The molecule has 1 aromatic rings. The van der Waals surface area contributed by atoms with E-state index in [1.165, 1.54) is 6.33 Å². The van der Waals surface area contributed by atoms with Crippen molar-refractivity contribution < 1.29 is 4.79 Å². The van der Waals surface area contributed by atoms with Crippen LogP contribution in [0.4, 0.5) is 5.82 Å². The van der Waals surface area contributed by atoms with E-state index in [1.54, 1.807) is 0 Å². The number of amides is 1. The Morgan fingerprint density at radius 1 is 1.48 bits per heavy atom. The molecule has 1 aromatic heterocycles. The molecule has 6 nitrogen and oxygen atoms in total. The van der Waals surface area contributed by atoms with Crippen LogP contribution in [0.3, 0.4) is 0 Å². The van der Waals surface area contributed by atoms with Crippen LogP contribution >= 0.6 is 11.6 Å². The molecule has 2 rings (SSSR count). The molecule has 0 bridgehead atoms. The fourth-order valence-electron chi connectivity index (χ4n) is 2.65. The van der Waals surface area contributed by atoms with Crippen LogP contribution in [0.5, 0.6) is 0 Å². The molecule has 21 heavy (non-hydrogen) atoms. The lowest BCUT2D eigenvalue weighted by atomic mass is 10.0. The summed E-state index contributed by atoms with van der Waals surface area (Å²) in [6, 6.07) is 0.331. The fourth-order valence-corrected chi connectivity index (χ4v) is 3.00. The highest BCUT2D eigenvalue weighted by Crippen LogP contribution is 2.29. The highest BCUT2D eigenvalue weighted by Gasteiger charge is 2.22. The van der Waals surface area contributed by atoms with Gasteiger partial charge in [-0.15, -0.1) is 0 Å². The van der Waals surface area contributed by atoms with Crippen LogP contribution in [0.2, 0.25) is 5.15 Å². The maximum Gasteiger partial charge on any atom is 0.231 e. The summed E-state index contributed by atoms with van der Waals surface area (Å²) in [5.74, 6) is 0.806. The van der Waals surface area contributed by atoms with Gasteiger partial charge in [-0.05, 0) is 18.8 Å². The van der Waals surface area contributed by atoms with E-state index in [2.05, 4.69) is 34.0 Å². The number of nitrogens with two attached hydrogens (primary N) is 1. The number of rotatable bonds is 5. The summed E-state index contributed by atoms with van der Waals surface area (Å²) in [7, 11) is 0. The van der Waals surface area contributed by atoms with Crippen molar-refractivity contribution in [3.05, 3.63) is 17.0 Å². The van der Waals surface area contributed by atoms with Crippen LogP contribution in [0, 0.1) is 0 Å². The molecular weight excluding hydrogens is 290 g/mol. The first-order valence-corrected chi connectivity index (χ1v) is 7.62. The van der Waals surface area contributed by atoms with Gasteiger partial charge in [0.2, 0.25) is 5.91 Å². The Labute approximate surface area is 130 Å². The van der Waals surface area contributed by atoms with Crippen LogP contribution in [0.25, 0.3) is 0 Å². The molecule has 0 spiro atoms. The first-order valence-electron chi connectivity index (χ1n) is 7.25. The summed E-state index contributed by atoms with van der Waals surface area (Å²) < 4.78 is 0. The third kappa shape index (κ3) is 4.28. The van der Waals surface area contributed by atoms with E-state index in [1.807, 2.05) is 0 Å². The smallest absolute Gasteiger partial charge is 0.231 e. The Morgan fingerprint density at radius 3 is 2.71 bits per heavy atom. The average Bonchev–Trinajstić information content (AvgIpc) is 2.40. The van der Waals surface area contributed by atoms with Crippen molar-refractivity contribution in [3.63, 3.8) is 0 Å². The minimum Gasteiger partial charge on any atom is -0.369 e. The zero-order valence-electron chi connectivity index (χ0n) is 12.5. The Kier molecular flexibility index (Phi) is 5.36. The average molecular weight is 312 g/mol. The Balaban J connectivity index is 1.98. The molecule has 0 unspecified atom stereocenters. The zero-order chi connectivity index (χ0) is 15.4. The lowest BCUT2D eigenvalue weighted by Gasteiger charge is -2.32. The third-order valence-electron chi connectivity index (χ3n) is 3.72. The predicted octanol–water partition coefficient (Wildman–Crippen LogP) is 1.61. The van der Waals surface area contributed by atoms with Crippen molar-refractivity contribution in [3.8, 4) is 0 Å². The van der Waals surface area contributed by atoms with Crippen molar-refractivity contribution in [2.24, 2.45) is 5.73 Å². The lowest BCUT2D eigenvalue weighted by Crippen LogP contribution is -2.43. The van der Waals surface area contributed by atoms with E-state index in [4.69, 9.17) is 17.3 Å². The van der Waals surface area contributed by atoms with Gasteiger partial charge in [0, 0.05) is 24.7 Å². The largest absolute Gasteiger partial charge is 0.369 e. The molecule has 3 N–H and O–H groups in total. The highest BCUT2D eigenvalue weighted by atomic mass is 35.5. The van der Waals surface area contributed by atoms with Crippen molar-refractivity contribution in [2.75, 3.05) is 25.0 Å². The number of halogens is 1. The van der Waals surface area contributed by atoms with E-state index >= 15 is 0 Å². The maximum absolute atomic E-state index is 10.9. The third-order valence-corrected chi connectivity index (χ3v) is 4.02. The van der Waals surface area contributed by atoms with Gasteiger partial charge in [0.1, 0.15) is 17.3 Å². The molecule has 0 radical (unpaired) electrons. The minimum absolute atomic E-state index is 0.260. The monoisotopic (exact) mass is 311 g/mol. The highest BCUT2D eigenvalue weighted by molar-refractivity contribution is 6.30. The number of anilines is 1. The standard InChI is InChI=1S/C14H22ClN5O/c1-9(2)12-13(15)17-8-18-14(12)19-10-3-5-20(6-4-10)7-11(16)21/h8-10H,3-7H2,1-2H3,(H2,16,21)(H,17,18,19). The number of carbonyl (C=O) groups excluding carboxylic acids is 1. The Hall–Kier alpha value is -1.40. The number of nitrogens with one attached hydrogen (secondary N) is 1. The fraction of sp³-hybridized carbons (Fsp3) is 0.643. The number of hydrogen-bond acceptors (Lipinski definition) is 5. The van der Waals surface area contributed by atoms with Crippen LogP contribution in [-0.2, 0) is 4.79 Å². The number of likely N-dealkylation sites (tertiary alicyclic amines) is 1. The molecule has 7 heteroatoms. The van der Waals surface area contributed by atoms with E-state index in [0.717, 1.165) is 37.3 Å². The van der Waals surface area contributed by atoms with Crippen molar-refractivity contribution >= 4 is 23.3 Å². The van der Waals surface area contributed by atoms with Gasteiger partial charge >= 0.3 is 0 Å². The Bertz CT molecular complexity index is 500. The first-order chi connectivity index (χ1) is 9.97. The normalized spacial score (nSPS) is 17.1. The molecule has 0 saturated carbocycles. The second-order valence-electron chi connectivity index (χ2n) is 5.74. The van der Waals surface area contributed by atoms with Gasteiger partial charge in [-0.25, -0.2) is 9.97 Å². The Morgan fingerprint density at radius 2 is 2.14 bits per heavy atom. The molecule has 0 atom stereocenters. The second kappa shape index (κ2) is 7.04. The summed E-state index contributed by atoms with van der Waals surface area (Å²) in [5, 5.41) is 3.98. The van der Waals surface area contributed by atoms with Gasteiger partial charge in [-0.3, -0.25) is 9.69 Å². The molecule has 1 saturated heterocycles. The van der Waals surface area contributed by atoms with E-state index in [-0.39, 0.29) is 11.8 Å². The SMILES string of the molecule is CC(C)c1c(Cl)ncnc1NC1CCN(CC(N)=O)CC1. The summed E-state index contributed by atoms with van der Waals surface area (Å²) in [6.45, 7) is 6.20. The maximum atomic E-state index is 10.9. The number of aromatic nitrogens is 2.